The van der Waals surface area contributed by atoms with Crippen LogP contribution in [0.2, 0.25) is 5.02 Å². The van der Waals surface area contributed by atoms with E-state index >= 15 is 0 Å². The average Bonchev–Trinajstić information content (AvgIpc) is 3.09. The molecule has 1 atom stereocenters. The number of carbonyl (C=O) groups is 1. The van der Waals surface area contributed by atoms with E-state index in [-0.39, 0.29) is 28.9 Å². The molecular weight excluding hydrogens is 434 g/mol. The number of hydrogen-bond acceptors (Lipinski definition) is 8. The summed E-state index contributed by atoms with van der Waals surface area (Å²) in [6, 6.07) is 7.42. The number of amidine groups is 1. The molecule has 2 spiro atoms. The molecule has 1 aromatic heterocycles. The predicted molar refractivity (Wildman–Crippen MR) is 117 cm³/mol. The summed E-state index contributed by atoms with van der Waals surface area (Å²) >= 11 is 6.25. The zero-order valence-corrected chi connectivity index (χ0v) is 18.9. The highest BCUT2D eigenvalue weighted by molar-refractivity contribution is 6.33. The zero-order chi connectivity index (χ0) is 22.7. The van der Waals surface area contributed by atoms with Crippen LogP contribution in [0.1, 0.15) is 35.5 Å². The number of rotatable bonds is 4. The maximum Gasteiger partial charge on any atom is 0.283 e. The minimum Gasteiger partial charge on any atom is -0.495 e. The molecule has 0 aliphatic carbocycles. The van der Waals surface area contributed by atoms with Gasteiger partial charge in [-0.25, -0.2) is 9.98 Å². The Labute approximate surface area is 190 Å². The fraction of sp³-hybridized carbons (Fsp3) is 0.435. The van der Waals surface area contributed by atoms with Crippen LogP contribution in [0.25, 0.3) is 0 Å². The SMILES string of the molecule is COc1cnc(C(=O)Cc2ccc3c(c2)C2(COC(N)=N2)C2(COC2)C(C)(C)O3)c(Cl)c1. The van der Waals surface area contributed by atoms with Gasteiger partial charge in [0.2, 0.25) is 0 Å². The van der Waals surface area contributed by atoms with Gasteiger partial charge in [-0.2, -0.15) is 0 Å². The van der Waals surface area contributed by atoms with Crippen molar-refractivity contribution in [3.8, 4) is 11.5 Å². The van der Waals surface area contributed by atoms with E-state index in [1.807, 2.05) is 32.0 Å². The lowest BCUT2D eigenvalue weighted by molar-refractivity contribution is -0.247. The lowest BCUT2D eigenvalue weighted by Gasteiger charge is -2.61. The molecule has 1 fully saturated rings. The fourth-order valence-electron chi connectivity index (χ4n) is 4.94. The first-order valence-corrected chi connectivity index (χ1v) is 10.7. The van der Waals surface area contributed by atoms with Gasteiger partial charge in [0.1, 0.15) is 34.9 Å². The molecule has 8 nitrogen and oxygen atoms in total. The molecule has 1 aromatic carbocycles. The molecule has 32 heavy (non-hydrogen) atoms. The Morgan fingerprint density at radius 2 is 2.03 bits per heavy atom. The van der Waals surface area contributed by atoms with Crippen molar-refractivity contribution in [1.29, 1.82) is 0 Å². The molecule has 0 bridgehead atoms. The Morgan fingerprint density at radius 3 is 2.62 bits per heavy atom. The van der Waals surface area contributed by atoms with Crippen LogP contribution in [0, 0.1) is 5.41 Å². The predicted octanol–water partition coefficient (Wildman–Crippen LogP) is 2.90. The van der Waals surface area contributed by atoms with Gasteiger partial charge in [-0.3, -0.25) is 4.79 Å². The van der Waals surface area contributed by atoms with E-state index in [0.717, 1.165) is 11.1 Å². The monoisotopic (exact) mass is 457 g/mol. The number of Topliss-reactive ketones (excluding diaryl/α,β-unsaturated/α-hetero) is 1. The van der Waals surface area contributed by atoms with Crippen LogP contribution in [-0.4, -0.2) is 49.3 Å². The third-order valence-electron chi connectivity index (χ3n) is 6.91. The first-order valence-electron chi connectivity index (χ1n) is 10.3. The number of methoxy groups -OCH3 is 1. The van der Waals surface area contributed by atoms with Gasteiger partial charge in [-0.1, -0.05) is 17.7 Å². The van der Waals surface area contributed by atoms with E-state index in [1.54, 1.807) is 6.07 Å². The Morgan fingerprint density at radius 1 is 1.25 bits per heavy atom. The van der Waals surface area contributed by atoms with Gasteiger partial charge < -0.3 is 24.7 Å². The molecule has 0 saturated carbocycles. The second kappa shape index (κ2) is 7.08. The number of aliphatic imine (C=N–C) groups is 1. The van der Waals surface area contributed by atoms with Gasteiger partial charge in [0.05, 0.1) is 37.0 Å². The topological polar surface area (TPSA) is 105 Å². The minimum absolute atomic E-state index is 0.120. The van der Waals surface area contributed by atoms with Crippen molar-refractivity contribution in [1.82, 2.24) is 4.98 Å². The van der Waals surface area contributed by atoms with Crippen molar-refractivity contribution in [2.45, 2.75) is 31.4 Å². The van der Waals surface area contributed by atoms with Crippen molar-refractivity contribution in [2.75, 3.05) is 26.9 Å². The smallest absolute Gasteiger partial charge is 0.283 e. The number of benzene rings is 1. The summed E-state index contributed by atoms with van der Waals surface area (Å²) in [4.78, 5) is 21.9. The van der Waals surface area contributed by atoms with Crippen LogP contribution < -0.4 is 15.2 Å². The summed E-state index contributed by atoms with van der Waals surface area (Å²) < 4.78 is 22.8. The van der Waals surface area contributed by atoms with E-state index in [4.69, 9.17) is 41.3 Å². The molecule has 9 heteroatoms. The molecular formula is C23H24ClN3O5. The summed E-state index contributed by atoms with van der Waals surface area (Å²) in [6.45, 7) is 5.34. The average molecular weight is 458 g/mol. The van der Waals surface area contributed by atoms with E-state index in [1.165, 1.54) is 13.3 Å². The molecule has 4 heterocycles. The van der Waals surface area contributed by atoms with Crippen molar-refractivity contribution in [3.05, 3.63) is 52.3 Å². The van der Waals surface area contributed by atoms with E-state index in [2.05, 4.69) is 4.98 Å². The first-order chi connectivity index (χ1) is 15.2. The van der Waals surface area contributed by atoms with Crippen molar-refractivity contribution in [3.63, 3.8) is 0 Å². The second-order valence-electron chi connectivity index (χ2n) is 8.92. The molecule has 0 radical (unpaired) electrons. The number of fused-ring (bicyclic) bond motifs is 3. The van der Waals surface area contributed by atoms with Crippen LogP contribution in [0.5, 0.6) is 11.5 Å². The van der Waals surface area contributed by atoms with Crippen molar-refractivity contribution >= 4 is 23.4 Å². The van der Waals surface area contributed by atoms with Gasteiger partial charge in [-0.15, -0.1) is 0 Å². The molecule has 2 N–H and O–H groups in total. The fourth-order valence-corrected chi connectivity index (χ4v) is 5.20. The standard InChI is InChI=1S/C23H24ClN3O5/c1-21(2)22(10-30-11-22)23(12-31-20(25)27-23)15-6-13(4-5-18(15)32-21)7-17(28)19-16(24)8-14(29-3)9-26-19/h4-6,8-9H,7,10-12H2,1-3H3,(H2,25,27). The lowest BCUT2D eigenvalue weighted by Crippen LogP contribution is -2.71. The van der Waals surface area contributed by atoms with Gasteiger partial charge in [0.15, 0.2) is 5.78 Å². The summed E-state index contributed by atoms with van der Waals surface area (Å²) in [6.07, 6.45) is 1.60. The Balaban J connectivity index is 1.54. The summed E-state index contributed by atoms with van der Waals surface area (Å²) in [7, 11) is 1.52. The third kappa shape index (κ3) is 2.82. The Kier molecular flexibility index (Phi) is 4.65. The quantitative estimate of drug-likeness (QED) is 0.703. The number of nitrogens with two attached hydrogens (primary N) is 1. The molecule has 1 unspecified atom stereocenters. The van der Waals surface area contributed by atoms with Gasteiger partial charge in [-0.05, 0) is 31.5 Å². The second-order valence-corrected chi connectivity index (χ2v) is 9.33. The van der Waals surface area contributed by atoms with Crippen LogP contribution in [-0.2, 0) is 21.4 Å². The normalized spacial score (nSPS) is 24.2. The number of ketones is 1. The highest BCUT2D eigenvalue weighted by atomic mass is 35.5. The number of ether oxygens (including phenoxy) is 4. The molecule has 2 aromatic rings. The van der Waals surface area contributed by atoms with E-state index < -0.39 is 16.6 Å². The number of aromatic nitrogens is 1. The third-order valence-corrected chi connectivity index (χ3v) is 7.19. The number of nitrogens with zero attached hydrogens (tertiary/aromatic N) is 2. The Bertz CT molecular complexity index is 1140. The van der Waals surface area contributed by atoms with Crippen LogP contribution in [0.4, 0.5) is 0 Å². The highest BCUT2D eigenvalue weighted by Gasteiger charge is 2.71. The number of carbonyl (C=O) groups excluding carboxylic acids is 1. The van der Waals surface area contributed by atoms with Crippen LogP contribution in [0.3, 0.4) is 0 Å². The first kappa shape index (κ1) is 21.0. The van der Waals surface area contributed by atoms with Gasteiger partial charge in [0, 0.05) is 18.1 Å². The largest absolute Gasteiger partial charge is 0.495 e. The maximum absolute atomic E-state index is 13.0. The minimum atomic E-state index is -0.749. The summed E-state index contributed by atoms with van der Waals surface area (Å²) in [5, 5.41) is 0.251. The Hall–Kier alpha value is -2.84. The zero-order valence-electron chi connectivity index (χ0n) is 18.1. The van der Waals surface area contributed by atoms with Gasteiger partial charge in [0.25, 0.3) is 6.02 Å². The molecule has 1 saturated heterocycles. The number of halogens is 1. The van der Waals surface area contributed by atoms with Crippen LogP contribution in [0.15, 0.2) is 35.5 Å². The molecule has 5 rings (SSSR count). The molecule has 0 amide bonds. The summed E-state index contributed by atoms with van der Waals surface area (Å²) in [5.41, 5.74) is 6.09. The number of hydrogen-bond donors (Lipinski definition) is 1. The van der Waals surface area contributed by atoms with Crippen molar-refractivity contribution < 1.29 is 23.7 Å². The summed E-state index contributed by atoms with van der Waals surface area (Å²) in [5.74, 6) is 0.995. The lowest BCUT2D eigenvalue weighted by atomic mass is 9.55. The van der Waals surface area contributed by atoms with Gasteiger partial charge >= 0.3 is 0 Å². The van der Waals surface area contributed by atoms with E-state index in [9.17, 15) is 4.79 Å². The molecule has 3 aliphatic heterocycles. The highest BCUT2D eigenvalue weighted by Crippen LogP contribution is 2.62. The van der Waals surface area contributed by atoms with Crippen molar-refractivity contribution in [2.24, 2.45) is 16.1 Å². The molecule has 3 aliphatic rings. The molecule has 168 valence electrons. The maximum atomic E-state index is 13.0. The van der Waals surface area contributed by atoms with E-state index in [0.29, 0.717) is 31.3 Å². The van der Waals surface area contributed by atoms with Crippen LogP contribution >= 0.6 is 11.6 Å². The number of pyridine rings is 1.